The third kappa shape index (κ3) is 1.50. The van der Waals surface area contributed by atoms with Gasteiger partial charge in [-0.3, -0.25) is 0 Å². The van der Waals surface area contributed by atoms with Gasteiger partial charge in [0, 0.05) is 13.2 Å². The fourth-order valence-corrected chi connectivity index (χ4v) is 1.38. The highest BCUT2D eigenvalue weighted by molar-refractivity contribution is 8.03. The summed E-state index contributed by atoms with van der Waals surface area (Å²) >= 11 is 1.63. The second-order valence-corrected chi connectivity index (χ2v) is 2.84. The lowest BCUT2D eigenvalue weighted by Crippen LogP contribution is -2.15. The van der Waals surface area contributed by atoms with Gasteiger partial charge in [-0.05, 0) is 17.1 Å². The third-order valence-electron chi connectivity index (χ3n) is 1.13. The summed E-state index contributed by atoms with van der Waals surface area (Å²) in [4.78, 5) is 0. The van der Waals surface area contributed by atoms with Gasteiger partial charge in [0.25, 0.3) is 0 Å². The first-order valence-corrected chi connectivity index (χ1v) is 3.74. The van der Waals surface area contributed by atoms with Gasteiger partial charge in [0.1, 0.15) is 0 Å². The maximum Gasteiger partial charge on any atom is 0.0819 e. The maximum atomic E-state index is 5.66. The zero-order valence-electron chi connectivity index (χ0n) is 5.29. The second kappa shape index (κ2) is 2.94. The molecule has 0 aromatic heterocycles. The first-order chi connectivity index (χ1) is 4.34. The van der Waals surface area contributed by atoms with Crippen molar-refractivity contribution < 1.29 is 0 Å². The van der Waals surface area contributed by atoms with Crippen molar-refractivity contribution in [2.75, 3.05) is 7.05 Å². The molecule has 0 saturated carbocycles. The molecular weight excluding hydrogens is 132 g/mol. The van der Waals surface area contributed by atoms with E-state index >= 15 is 0 Å². The summed E-state index contributed by atoms with van der Waals surface area (Å²) in [5, 5.41) is 5.08. The van der Waals surface area contributed by atoms with Crippen molar-refractivity contribution in [1.29, 1.82) is 0 Å². The minimum absolute atomic E-state index is 0.137. The highest BCUT2D eigenvalue weighted by atomic mass is 32.2. The van der Waals surface area contributed by atoms with E-state index in [-0.39, 0.29) is 5.37 Å². The van der Waals surface area contributed by atoms with E-state index in [0.717, 1.165) is 5.57 Å². The van der Waals surface area contributed by atoms with Crippen LogP contribution in [-0.4, -0.2) is 12.4 Å². The van der Waals surface area contributed by atoms with Gasteiger partial charge in [-0.1, -0.05) is 0 Å². The van der Waals surface area contributed by atoms with E-state index in [1.165, 1.54) is 0 Å². The largest absolute Gasteiger partial charge is 0.394 e. The Balaban J connectivity index is 2.58. The predicted molar refractivity (Wildman–Crippen MR) is 41.8 cm³/mol. The molecule has 9 heavy (non-hydrogen) atoms. The Kier molecular flexibility index (Phi) is 2.19. The Hall–Kier alpha value is -0.410. The molecule has 0 aromatic carbocycles. The van der Waals surface area contributed by atoms with Crippen LogP contribution in [0.4, 0.5) is 0 Å². The molecule has 2 nitrogen and oxygen atoms in total. The van der Waals surface area contributed by atoms with Crippen molar-refractivity contribution in [2.24, 2.45) is 5.73 Å². The normalized spacial score (nSPS) is 29.6. The van der Waals surface area contributed by atoms with E-state index in [0.29, 0.717) is 0 Å². The third-order valence-corrected chi connectivity index (χ3v) is 1.98. The van der Waals surface area contributed by atoms with E-state index in [1.54, 1.807) is 11.8 Å². The van der Waals surface area contributed by atoms with Gasteiger partial charge in [0.2, 0.25) is 0 Å². The molecule has 1 rings (SSSR count). The van der Waals surface area contributed by atoms with E-state index in [9.17, 15) is 0 Å². The molecule has 0 aromatic rings. The molecule has 1 aliphatic rings. The van der Waals surface area contributed by atoms with Crippen LogP contribution >= 0.6 is 11.8 Å². The molecule has 3 N–H and O–H groups in total. The molecule has 3 heteroatoms. The quantitative estimate of drug-likeness (QED) is 0.564. The van der Waals surface area contributed by atoms with Crippen molar-refractivity contribution in [1.82, 2.24) is 5.32 Å². The molecule has 0 spiro atoms. The monoisotopic (exact) mass is 142 g/mol. The summed E-state index contributed by atoms with van der Waals surface area (Å²) < 4.78 is 0. The predicted octanol–water partition coefficient (Wildman–Crippen LogP) is 0.635. The van der Waals surface area contributed by atoms with Crippen molar-refractivity contribution >= 4 is 11.8 Å². The molecule has 0 fully saturated rings. The van der Waals surface area contributed by atoms with Gasteiger partial charge in [-0.2, -0.15) is 0 Å². The Morgan fingerprint density at radius 3 is 3.11 bits per heavy atom. The highest BCUT2D eigenvalue weighted by Gasteiger charge is 2.09. The highest BCUT2D eigenvalue weighted by Crippen LogP contribution is 2.23. The SMILES string of the molecule is CN/C=C1/C=CSC1N. The van der Waals surface area contributed by atoms with Crippen LogP contribution in [0, 0.1) is 0 Å². The van der Waals surface area contributed by atoms with Crippen LogP contribution in [0.25, 0.3) is 0 Å². The summed E-state index contributed by atoms with van der Waals surface area (Å²) in [5.74, 6) is 0. The fraction of sp³-hybridized carbons (Fsp3) is 0.333. The van der Waals surface area contributed by atoms with Crippen LogP contribution in [0.3, 0.4) is 0 Å². The minimum atomic E-state index is 0.137. The molecule has 0 aliphatic carbocycles. The molecule has 0 saturated heterocycles. The summed E-state index contributed by atoms with van der Waals surface area (Å²) in [5.41, 5.74) is 6.81. The molecular formula is C6H10N2S. The standard InChI is InChI=1S/C6H10N2S/c1-8-4-5-2-3-9-6(5)7/h2-4,6,8H,7H2,1H3/b5-4-. The lowest BCUT2D eigenvalue weighted by Gasteiger charge is -2.01. The van der Waals surface area contributed by atoms with E-state index in [2.05, 4.69) is 5.32 Å². The Morgan fingerprint density at radius 1 is 1.89 bits per heavy atom. The van der Waals surface area contributed by atoms with Crippen molar-refractivity contribution in [3.63, 3.8) is 0 Å². The van der Waals surface area contributed by atoms with Gasteiger partial charge >= 0.3 is 0 Å². The van der Waals surface area contributed by atoms with Crippen LogP contribution in [0.15, 0.2) is 23.3 Å². The summed E-state index contributed by atoms with van der Waals surface area (Å²) in [6.07, 6.45) is 3.94. The van der Waals surface area contributed by atoms with Crippen LogP contribution in [0.5, 0.6) is 0 Å². The number of thioether (sulfide) groups is 1. The van der Waals surface area contributed by atoms with Crippen molar-refractivity contribution in [2.45, 2.75) is 5.37 Å². The average molecular weight is 142 g/mol. The first kappa shape index (κ1) is 6.71. The summed E-state index contributed by atoms with van der Waals surface area (Å²) in [6, 6.07) is 0. The number of hydrogen-bond donors (Lipinski definition) is 2. The average Bonchev–Trinajstić information content (AvgIpc) is 2.18. The van der Waals surface area contributed by atoms with Crippen LogP contribution in [0.1, 0.15) is 0 Å². The number of nitrogens with two attached hydrogens (primary N) is 1. The number of rotatable bonds is 1. The first-order valence-electron chi connectivity index (χ1n) is 2.79. The van der Waals surface area contributed by atoms with Crippen LogP contribution < -0.4 is 11.1 Å². The number of hydrogen-bond acceptors (Lipinski definition) is 3. The lowest BCUT2D eigenvalue weighted by molar-refractivity contribution is 1.03. The summed E-state index contributed by atoms with van der Waals surface area (Å²) in [6.45, 7) is 0. The summed E-state index contributed by atoms with van der Waals surface area (Å²) in [7, 11) is 1.87. The number of nitrogens with one attached hydrogen (secondary N) is 1. The van der Waals surface area contributed by atoms with Gasteiger partial charge in [-0.15, -0.1) is 11.8 Å². The molecule has 1 aliphatic heterocycles. The lowest BCUT2D eigenvalue weighted by atomic mass is 10.3. The van der Waals surface area contributed by atoms with Crippen LogP contribution in [-0.2, 0) is 0 Å². The molecule has 0 amide bonds. The Morgan fingerprint density at radius 2 is 2.67 bits per heavy atom. The van der Waals surface area contributed by atoms with E-state index in [4.69, 9.17) is 5.73 Å². The van der Waals surface area contributed by atoms with E-state index < -0.39 is 0 Å². The van der Waals surface area contributed by atoms with Crippen molar-refractivity contribution in [3.8, 4) is 0 Å². The van der Waals surface area contributed by atoms with Gasteiger partial charge in [-0.25, -0.2) is 0 Å². The second-order valence-electron chi connectivity index (χ2n) is 1.79. The molecule has 0 bridgehead atoms. The van der Waals surface area contributed by atoms with E-state index in [1.807, 2.05) is 24.7 Å². The molecule has 0 radical (unpaired) electrons. The Labute approximate surface area is 59.2 Å². The van der Waals surface area contributed by atoms with Crippen LogP contribution in [0.2, 0.25) is 0 Å². The topological polar surface area (TPSA) is 38.0 Å². The fourth-order valence-electron chi connectivity index (χ4n) is 0.673. The maximum absolute atomic E-state index is 5.66. The Bertz CT molecular complexity index is 151. The zero-order chi connectivity index (χ0) is 6.69. The van der Waals surface area contributed by atoms with Crippen molar-refractivity contribution in [3.05, 3.63) is 23.3 Å². The molecule has 1 atom stereocenters. The minimum Gasteiger partial charge on any atom is -0.394 e. The molecule has 50 valence electrons. The molecule has 1 heterocycles. The van der Waals surface area contributed by atoms with Gasteiger partial charge in [0.05, 0.1) is 5.37 Å². The zero-order valence-corrected chi connectivity index (χ0v) is 6.11. The van der Waals surface area contributed by atoms with Gasteiger partial charge in [0.15, 0.2) is 0 Å². The van der Waals surface area contributed by atoms with Gasteiger partial charge < -0.3 is 11.1 Å². The smallest absolute Gasteiger partial charge is 0.0819 e. The molecule has 1 unspecified atom stereocenters.